The highest BCUT2D eigenvalue weighted by Gasteiger charge is 2.19. The number of rotatable bonds is 4. The number of aryl methyl sites for hydroxylation is 1. The predicted octanol–water partition coefficient (Wildman–Crippen LogP) is 2.46. The molecule has 0 radical (unpaired) electrons. The van der Waals surface area contributed by atoms with Gasteiger partial charge in [-0.25, -0.2) is 0 Å². The van der Waals surface area contributed by atoms with Gasteiger partial charge in [0.15, 0.2) is 0 Å². The van der Waals surface area contributed by atoms with Crippen molar-refractivity contribution in [2.24, 2.45) is 0 Å². The van der Waals surface area contributed by atoms with Crippen molar-refractivity contribution in [1.82, 2.24) is 10.3 Å². The highest BCUT2D eigenvalue weighted by Crippen LogP contribution is 2.27. The van der Waals surface area contributed by atoms with Crippen LogP contribution in [0.4, 0.5) is 0 Å². The fourth-order valence-corrected chi connectivity index (χ4v) is 2.27. The topological polar surface area (TPSA) is 24.9 Å². The summed E-state index contributed by atoms with van der Waals surface area (Å²) in [5.74, 6) is 2.67. The van der Waals surface area contributed by atoms with Gasteiger partial charge in [-0.2, -0.15) is 0 Å². The first-order valence-electron chi connectivity index (χ1n) is 6.02. The van der Waals surface area contributed by atoms with Crippen molar-refractivity contribution in [3.8, 4) is 12.3 Å². The minimum absolute atomic E-state index is 0.433. The van der Waals surface area contributed by atoms with Gasteiger partial charge in [0.25, 0.3) is 0 Å². The van der Waals surface area contributed by atoms with Gasteiger partial charge >= 0.3 is 0 Å². The first kappa shape index (κ1) is 11.2. The Labute approximate surface area is 97.5 Å². The van der Waals surface area contributed by atoms with Crippen molar-refractivity contribution in [3.63, 3.8) is 0 Å². The fourth-order valence-electron chi connectivity index (χ4n) is 2.27. The number of terminal acetylenes is 1. The van der Waals surface area contributed by atoms with Crippen LogP contribution in [0, 0.1) is 12.3 Å². The van der Waals surface area contributed by atoms with E-state index >= 15 is 0 Å². The molecule has 1 atom stereocenters. The summed E-state index contributed by atoms with van der Waals surface area (Å²) in [6, 6.07) is 4.65. The van der Waals surface area contributed by atoms with Crippen molar-refractivity contribution < 1.29 is 0 Å². The summed E-state index contributed by atoms with van der Waals surface area (Å²) in [5, 5.41) is 3.55. The van der Waals surface area contributed by atoms with Crippen molar-refractivity contribution >= 4 is 0 Å². The second-order valence-corrected chi connectivity index (χ2v) is 4.25. The third-order valence-corrected chi connectivity index (χ3v) is 3.08. The third kappa shape index (κ3) is 2.62. The number of unbranched alkanes of at least 4 members (excludes halogenated alkanes) is 1. The van der Waals surface area contributed by atoms with E-state index in [4.69, 9.17) is 6.42 Å². The number of nitrogens with one attached hydrogen (secondary N) is 1. The normalized spacial score (nSPS) is 18.8. The molecular formula is C14H18N2. The molecule has 16 heavy (non-hydrogen) atoms. The van der Waals surface area contributed by atoms with Crippen LogP contribution < -0.4 is 5.32 Å². The summed E-state index contributed by atoms with van der Waals surface area (Å²) in [6.45, 7) is 0.991. The van der Waals surface area contributed by atoms with Crippen LogP contribution in [0.5, 0.6) is 0 Å². The SMILES string of the molecule is C#CCCCNC1CCCc2cccnc21. The number of fused-ring (bicyclic) bond motifs is 1. The van der Waals surface area contributed by atoms with Crippen LogP contribution in [0.15, 0.2) is 18.3 Å². The second-order valence-electron chi connectivity index (χ2n) is 4.25. The van der Waals surface area contributed by atoms with Gasteiger partial charge in [-0.1, -0.05) is 6.07 Å². The van der Waals surface area contributed by atoms with Gasteiger partial charge in [-0.3, -0.25) is 4.98 Å². The number of hydrogen-bond donors (Lipinski definition) is 1. The third-order valence-electron chi connectivity index (χ3n) is 3.08. The van der Waals surface area contributed by atoms with E-state index in [9.17, 15) is 0 Å². The quantitative estimate of drug-likeness (QED) is 0.615. The van der Waals surface area contributed by atoms with Gasteiger partial charge in [0, 0.05) is 18.7 Å². The van der Waals surface area contributed by atoms with E-state index in [0.29, 0.717) is 6.04 Å². The number of pyridine rings is 1. The Morgan fingerprint density at radius 2 is 2.50 bits per heavy atom. The molecule has 0 amide bonds. The molecule has 1 heterocycles. The Kier molecular flexibility index (Phi) is 3.96. The maximum atomic E-state index is 5.23. The highest BCUT2D eigenvalue weighted by atomic mass is 14.9. The largest absolute Gasteiger partial charge is 0.309 e. The number of hydrogen-bond acceptors (Lipinski definition) is 2. The van der Waals surface area contributed by atoms with Crippen LogP contribution in [-0.4, -0.2) is 11.5 Å². The van der Waals surface area contributed by atoms with Crippen LogP contribution in [0.2, 0.25) is 0 Å². The zero-order valence-corrected chi connectivity index (χ0v) is 9.58. The van der Waals surface area contributed by atoms with Gasteiger partial charge in [-0.05, 0) is 43.9 Å². The molecule has 1 unspecified atom stereocenters. The monoisotopic (exact) mass is 214 g/mol. The summed E-state index contributed by atoms with van der Waals surface area (Å²) in [5.41, 5.74) is 2.65. The molecule has 0 fully saturated rings. The van der Waals surface area contributed by atoms with Gasteiger partial charge in [-0.15, -0.1) is 12.3 Å². The average Bonchev–Trinajstić information content (AvgIpc) is 2.35. The Bertz CT molecular complexity index is 379. The molecule has 0 saturated carbocycles. The molecule has 2 nitrogen and oxygen atoms in total. The predicted molar refractivity (Wildman–Crippen MR) is 66.0 cm³/mol. The van der Waals surface area contributed by atoms with Crippen LogP contribution >= 0.6 is 0 Å². The van der Waals surface area contributed by atoms with E-state index in [1.54, 1.807) is 0 Å². The minimum Gasteiger partial charge on any atom is -0.309 e. The lowest BCUT2D eigenvalue weighted by Gasteiger charge is -2.25. The zero-order valence-electron chi connectivity index (χ0n) is 9.58. The summed E-state index contributed by atoms with van der Waals surface area (Å²) >= 11 is 0. The molecule has 1 aromatic heterocycles. The molecule has 1 aliphatic carbocycles. The maximum absolute atomic E-state index is 5.23. The summed E-state index contributed by atoms with van der Waals surface area (Å²) in [4.78, 5) is 4.50. The van der Waals surface area contributed by atoms with Gasteiger partial charge in [0.2, 0.25) is 0 Å². The van der Waals surface area contributed by atoms with Crippen molar-refractivity contribution in [2.45, 2.75) is 38.1 Å². The summed E-state index contributed by atoms with van der Waals surface area (Å²) in [6.07, 6.45) is 12.7. The molecule has 1 N–H and O–H groups in total. The van der Waals surface area contributed by atoms with E-state index in [0.717, 1.165) is 19.4 Å². The van der Waals surface area contributed by atoms with E-state index < -0.39 is 0 Å². The van der Waals surface area contributed by atoms with Gasteiger partial charge in [0.1, 0.15) is 0 Å². The molecule has 0 aliphatic heterocycles. The van der Waals surface area contributed by atoms with Crippen molar-refractivity contribution in [3.05, 3.63) is 29.6 Å². The molecule has 2 rings (SSSR count). The molecule has 0 spiro atoms. The Morgan fingerprint density at radius 1 is 1.56 bits per heavy atom. The van der Waals surface area contributed by atoms with E-state index in [2.05, 4.69) is 22.3 Å². The van der Waals surface area contributed by atoms with Crippen LogP contribution in [0.1, 0.15) is 43.0 Å². The molecule has 2 heteroatoms. The van der Waals surface area contributed by atoms with Crippen molar-refractivity contribution in [2.75, 3.05) is 6.54 Å². The Hall–Kier alpha value is -1.33. The van der Waals surface area contributed by atoms with Crippen LogP contribution in [-0.2, 0) is 6.42 Å². The van der Waals surface area contributed by atoms with Crippen LogP contribution in [0.3, 0.4) is 0 Å². The standard InChI is InChI=1S/C14H18N2/c1-2-3-4-10-15-13-9-5-7-12-8-6-11-16-14(12)13/h1,6,8,11,13,15H,3-5,7,9-10H2. The lowest BCUT2D eigenvalue weighted by atomic mass is 9.92. The van der Waals surface area contributed by atoms with Crippen LogP contribution in [0.25, 0.3) is 0 Å². The zero-order chi connectivity index (χ0) is 11.2. The second kappa shape index (κ2) is 5.67. The van der Waals surface area contributed by atoms with Crippen molar-refractivity contribution in [1.29, 1.82) is 0 Å². The molecule has 0 bridgehead atoms. The highest BCUT2D eigenvalue weighted by molar-refractivity contribution is 5.25. The first-order valence-corrected chi connectivity index (χ1v) is 6.02. The first-order chi connectivity index (χ1) is 7.92. The van der Waals surface area contributed by atoms with E-state index in [1.807, 2.05) is 12.3 Å². The van der Waals surface area contributed by atoms with Gasteiger partial charge in [0.05, 0.1) is 5.69 Å². The lowest BCUT2D eigenvalue weighted by molar-refractivity contribution is 0.446. The lowest BCUT2D eigenvalue weighted by Crippen LogP contribution is -2.27. The number of nitrogens with zero attached hydrogens (tertiary/aromatic N) is 1. The van der Waals surface area contributed by atoms with E-state index in [1.165, 1.54) is 30.5 Å². The molecular weight excluding hydrogens is 196 g/mol. The number of aromatic nitrogens is 1. The smallest absolute Gasteiger partial charge is 0.0605 e. The summed E-state index contributed by atoms with van der Waals surface area (Å²) in [7, 11) is 0. The Morgan fingerprint density at radius 3 is 3.38 bits per heavy atom. The summed E-state index contributed by atoms with van der Waals surface area (Å²) < 4.78 is 0. The van der Waals surface area contributed by atoms with E-state index in [-0.39, 0.29) is 0 Å². The maximum Gasteiger partial charge on any atom is 0.0605 e. The molecule has 0 saturated heterocycles. The van der Waals surface area contributed by atoms with Gasteiger partial charge < -0.3 is 5.32 Å². The molecule has 84 valence electrons. The fraction of sp³-hybridized carbons (Fsp3) is 0.500. The molecule has 0 aromatic carbocycles. The Balaban J connectivity index is 1.94. The molecule has 1 aliphatic rings. The minimum atomic E-state index is 0.433. The molecule has 1 aromatic rings. The average molecular weight is 214 g/mol.